The van der Waals surface area contributed by atoms with E-state index in [-0.39, 0.29) is 0 Å². The SMILES string of the molecule is CN(CCN)c1nc2ccnnc2n1C. The van der Waals surface area contributed by atoms with Crippen molar-refractivity contribution in [1.29, 1.82) is 0 Å². The Morgan fingerprint density at radius 1 is 1.53 bits per heavy atom. The van der Waals surface area contributed by atoms with Gasteiger partial charge in [-0.2, -0.15) is 5.10 Å². The van der Waals surface area contributed by atoms with Crippen molar-refractivity contribution >= 4 is 17.1 Å². The molecule has 2 aromatic heterocycles. The minimum atomic E-state index is 0.603. The first-order chi connectivity index (χ1) is 7.24. The van der Waals surface area contributed by atoms with Gasteiger partial charge in [0.1, 0.15) is 5.52 Å². The number of aromatic nitrogens is 4. The molecule has 0 aromatic carbocycles. The van der Waals surface area contributed by atoms with Crippen LogP contribution in [0.1, 0.15) is 0 Å². The van der Waals surface area contributed by atoms with E-state index in [0.717, 1.165) is 23.7 Å². The van der Waals surface area contributed by atoms with Crippen LogP contribution in [0.4, 0.5) is 5.95 Å². The third-order valence-corrected chi connectivity index (χ3v) is 2.32. The summed E-state index contributed by atoms with van der Waals surface area (Å²) in [7, 11) is 3.88. The van der Waals surface area contributed by atoms with E-state index in [1.54, 1.807) is 6.20 Å². The second-order valence-electron chi connectivity index (χ2n) is 3.42. The normalized spacial score (nSPS) is 10.9. The topological polar surface area (TPSA) is 72.9 Å². The molecule has 2 rings (SSSR count). The molecule has 0 aliphatic rings. The van der Waals surface area contributed by atoms with Crippen LogP contribution in [0.2, 0.25) is 0 Å². The number of hydrogen-bond donors (Lipinski definition) is 1. The average molecular weight is 206 g/mol. The number of rotatable bonds is 3. The molecule has 0 spiro atoms. The van der Waals surface area contributed by atoms with Crippen LogP contribution in [0, 0.1) is 0 Å². The Kier molecular flexibility index (Phi) is 2.51. The van der Waals surface area contributed by atoms with Gasteiger partial charge in [0.2, 0.25) is 5.95 Å². The van der Waals surface area contributed by atoms with Crippen molar-refractivity contribution in [3.8, 4) is 0 Å². The van der Waals surface area contributed by atoms with Gasteiger partial charge in [0.25, 0.3) is 0 Å². The second-order valence-corrected chi connectivity index (χ2v) is 3.42. The number of nitrogens with zero attached hydrogens (tertiary/aromatic N) is 5. The van der Waals surface area contributed by atoms with Gasteiger partial charge in [-0.3, -0.25) is 4.57 Å². The van der Waals surface area contributed by atoms with Crippen molar-refractivity contribution in [3.63, 3.8) is 0 Å². The Hall–Kier alpha value is -1.69. The number of nitrogens with two attached hydrogens (primary N) is 1. The highest BCUT2D eigenvalue weighted by Crippen LogP contribution is 2.16. The minimum Gasteiger partial charge on any atom is -0.344 e. The molecule has 0 aliphatic heterocycles. The molecule has 2 heterocycles. The lowest BCUT2D eigenvalue weighted by Gasteiger charge is -2.16. The van der Waals surface area contributed by atoms with E-state index >= 15 is 0 Å². The second kappa shape index (κ2) is 3.82. The molecule has 15 heavy (non-hydrogen) atoms. The summed E-state index contributed by atoms with van der Waals surface area (Å²) in [4.78, 5) is 6.46. The molecular weight excluding hydrogens is 192 g/mol. The van der Waals surface area contributed by atoms with Crippen LogP contribution in [0.25, 0.3) is 11.2 Å². The van der Waals surface area contributed by atoms with Gasteiger partial charge in [-0.15, -0.1) is 5.10 Å². The predicted octanol–water partition coefficient (Wildman–Crippen LogP) is -0.242. The maximum Gasteiger partial charge on any atom is 0.207 e. The van der Waals surface area contributed by atoms with Gasteiger partial charge in [0, 0.05) is 27.2 Å². The molecular formula is C9H14N6. The van der Waals surface area contributed by atoms with Gasteiger partial charge in [-0.1, -0.05) is 0 Å². The van der Waals surface area contributed by atoms with Crippen molar-refractivity contribution in [1.82, 2.24) is 19.7 Å². The van der Waals surface area contributed by atoms with Crippen LogP contribution in [0.15, 0.2) is 12.3 Å². The molecule has 6 heteroatoms. The molecule has 0 atom stereocenters. The monoisotopic (exact) mass is 206 g/mol. The van der Waals surface area contributed by atoms with Crippen LogP contribution in [0.3, 0.4) is 0 Å². The van der Waals surface area contributed by atoms with Crippen molar-refractivity contribution in [2.45, 2.75) is 0 Å². The predicted molar refractivity (Wildman–Crippen MR) is 58.6 cm³/mol. The Morgan fingerprint density at radius 2 is 2.33 bits per heavy atom. The van der Waals surface area contributed by atoms with Crippen molar-refractivity contribution < 1.29 is 0 Å². The summed E-state index contributed by atoms with van der Waals surface area (Å²) in [5.41, 5.74) is 7.15. The fourth-order valence-electron chi connectivity index (χ4n) is 1.56. The van der Waals surface area contributed by atoms with Gasteiger partial charge >= 0.3 is 0 Å². The molecule has 0 unspecified atom stereocenters. The van der Waals surface area contributed by atoms with Crippen LogP contribution >= 0.6 is 0 Å². The van der Waals surface area contributed by atoms with E-state index in [1.165, 1.54) is 0 Å². The number of imidazole rings is 1. The van der Waals surface area contributed by atoms with E-state index < -0.39 is 0 Å². The smallest absolute Gasteiger partial charge is 0.207 e. The van der Waals surface area contributed by atoms with E-state index in [4.69, 9.17) is 5.73 Å². The molecule has 0 bridgehead atoms. The van der Waals surface area contributed by atoms with Gasteiger partial charge in [-0.05, 0) is 6.07 Å². The lowest BCUT2D eigenvalue weighted by Crippen LogP contribution is -2.27. The van der Waals surface area contributed by atoms with Crippen LogP contribution in [-0.2, 0) is 7.05 Å². The Balaban J connectivity index is 2.48. The summed E-state index contributed by atoms with van der Waals surface area (Å²) < 4.78 is 1.91. The van der Waals surface area contributed by atoms with Crippen LogP contribution < -0.4 is 10.6 Å². The molecule has 2 aromatic rings. The summed E-state index contributed by atoms with van der Waals surface area (Å²) in [6.07, 6.45) is 1.64. The third-order valence-electron chi connectivity index (χ3n) is 2.32. The average Bonchev–Trinajstić information content (AvgIpc) is 2.57. The number of fused-ring (bicyclic) bond motifs is 1. The fourth-order valence-corrected chi connectivity index (χ4v) is 1.56. The standard InChI is InChI=1S/C9H14N6/c1-14(6-4-10)9-12-7-3-5-11-13-8(7)15(9)2/h3,5H,4,6,10H2,1-2H3. The lowest BCUT2D eigenvalue weighted by atomic mass is 10.5. The summed E-state index contributed by atoms with van der Waals surface area (Å²) in [6, 6.07) is 1.85. The highest BCUT2D eigenvalue weighted by atomic mass is 15.3. The molecule has 6 nitrogen and oxygen atoms in total. The summed E-state index contributed by atoms with van der Waals surface area (Å²) in [5.74, 6) is 0.857. The first-order valence-corrected chi connectivity index (χ1v) is 4.79. The quantitative estimate of drug-likeness (QED) is 0.750. The Morgan fingerprint density at radius 3 is 3.00 bits per heavy atom. The van der Waals surface area contributed by atoms with Gasteiger partial charge in [0.05, 0.1) is 6.20 Å². The number of likely N-dealkylation sites (N-methyl/N-ethyl adjacent to an activating group) is 1. The first-order valence-electron chi connectivity index (χ1n) is 4.79. The van der Waals surface area contributed by atoms with E-state index in [9.17, 15) is 0 Å². The summed E-state index contributed by atoms with van der Waals surface area (Å²) in [6.45, 7) is 1.37. The molecule has 0 radical (unpaired) electrons. The highest BCUT2D eigenvalue weighted by Gasteiger charge is 2.11. The first kappa shape index (κ1) is 9.85. The molecule has 0 saturated heterocycles. The summed E-state index contributed by atoms with van der Waals surface area (Å²) >= 11 is 0. The molecule has 0 aliphatic carbocycles. The summed E-state index contributed by atoms with van der Waals surface area (Å²) in [5, 5.41) is 7.87. The Labute approximate surface area is 87.7 Å². The molecule has 0 saturated carbocycles. The van der Waals surface area contributed by atoms with E-state index in [0.29, 0.717) is 6.54 Å². The fraction of sp³-hybridized carbons (Fsp3) is 0.444. The molecule has 0 amide bonds. The minimum absolute atomic E-state index is 0.603. The van der Waals surface area contributed by atoms with Crippen LogP contribution in [-0.4, -0.2) is 39.9 Å². The Bertz CT molecular complexity index is 463. The molecule has 2 N–H and O–H groups in total. The zero-order valence-electron chi connectivity index (χ0n) is 8.88. The third kappa shape index (κ3) is 1.63. The lowest BCUT2D eigenvalue weighted by molar-refractivity contribution is 0.801. The number of anilines is 1. The van der Waals surface area contributed by atoms with Crippen molar-refractivity contribution in [3.05, 3.63) is 12.3 Å². The largest absolute Gasteiger partial charge is 0.344 e. The zero-order valence-corrected chi connectivity index (χ0v) is 8.88. The maximum atomic E-state index is 5.50. The number of hydrogen-bond acceptors (Lipinski definition) is 5. The van der Waals surface area contributed by atoms with Gasteiger partial charge < -0.3 is 10.6 Å². The molecule has 80 valence electrons. The highest BCUT2D eigenvalue weighted by molar-refractivity contribution is 5.73. The number of aryl methyl sites for hydroxylation is 1. The van der Waals surface area contributed by atoms with Crippen LogP contribution in [0.5, 0.6) is 0 Å². The van der Waals surface area contributed by atoms with Crippen molar-refractivity contribution in [2.24, 2.45) is 12.8 Å². The van der Waals surface area contributed by atoms with E-state index in [2.05, 4.69) is 15.2 Å². The van der Waals surface area contributed by atoms with Gasteiger partial charge in [-0.25, -0.2) is 4.98 Å². The van der Waals surface area contributed by atoms with Crippen molar-refractivity contribution in [2.75, 3.05) is 25.0 Å². The maximum absolute atomic E-state index is 5.50. The molecule has 0 fully saturated rings. The van der Waals surface area contributed by atoms with E-state index in [1.807, 2.05) is 29.6 Å². The zero-order chi connectivity index (χ0) is 10.8. The van der Waals surface area contributed by atoms with Gasteiger partial charge in [0.15, 0.2) is 5.65 Å².